The highest BCUT2D eigenvalue weighted by atomic mass is 32.1. The summed E-state index contributed by atoms with van der Waals surface area (Å²) in [7, 11) is 0. The molecule has 5 heteroatoms. The molecule has 2 rings (SSSR count). The van der Waals surface area contributed by atoms with Crippen LogP contribution in [0.25, 0.3) is 0 Å². The molecule has 16 heavy (non-hydrogen) atoms. The summed E-state index contributed by atoms with van der Waals surface area (Å²) >= 11 is 1.64. The average molecular weight is 236 g/mol. The van der Waals surface area contributed by atoms with E-state index in [1.54, 1.807) is 17.5 Å². The highest BCUT2D eigenvalue weighted by Crippen LogP contribution is 2.11. The molecule has 2 aromatic rings. The molecule has 1 atom stereocenters. The summed E-state index contributed by atoms with van der Waals surface area (Å²) in [6, 6.07) is 0.336. The second-order valence-electron chi connectivity index (χ2n) is 3.73. The van der Waals surface area contributed by atoms with E-state index in [0.717, 1.165) is 30.9 Å². The number of aromatic amines is 1. The van der Waals surface area contributed by atoms with Crippen LogP contribution < -0.4 is 5.32 Å². The molecular weight excluding hydrogens is 220 g/mol. The summed E-state index contributed by atoms with van der Waals surface area (Å²) in [5, 5.41) is 5.54. The van der Waals surface area contributed by atoms with Crippen LogP contribution in [-0.4, -0.2) is 21.5 Å². The standard InChI is InChI=1S/C11H16N4S/c1-9(10-7-16-8-15-10)12-4-2-3-11-13-5-6-14-11/h5-9,12H,2-4H2,1H3,(H,13,14). The van der Waals surface area contributed by atoms with Gasteiger partial charge in [-0.2, -0.15) is 0 Å². The van der Waals surface area contributed by atoms with Gasteiger partial charge >= 0.3 is 0 Å². The van der Waals surface area contributed by atoms with Crippen LogP contribution in [0.2, 0.25) is 0 Å². The van der Waals surface area contributed by atoms with Crippen molar-refractivity contribution in [1.82, 2.24) is 20.3 Å². The number of thiazole rings is 1. The Morgan fingerprint density at radius 1 is 1.50 bits per heavy atom. The van der Waals surface area contributed by atoms with E-state index >= 15 is 0 Å². The predicted octanol–water partition coefficient (Wildman–Crippen LogP) is 2.15. The third kappa shape index (κ3) is 3.15. The number of H-pyrrole nitrogens is 1. The molecule has 0 amide bonds. The van der Waals surface area contributed by atoms with Crippen LogP contribution in [0, 0.1) is 0 Å². The molecule has 2 heterocycles. The molecule has 0 aliphatic heterocycles. The van der Waals surface area contributed by atoms with Gasteiger partial charge in [-0.3, -0.25) is 0 Å². The van der Waals surface area contributed by atoms with Crippen LogP contribution in [0.15, 0.2) is 23.3 Å². The summed E-state index contributed by atoms with van der Waals surface area (Å²) in [5.41, 5.74) is 3.00. The summed E-state index contributed by atoms with van der Waals surface area (Å²) in [6.45, 7) is 3.13. The lowest BCUT2D eigenvalue weighted by Gasteiger charge is -2.10. The van der Waals surface area contributed by atoms with Crippen molar-refractivity contribution in [3.63, 3.8) is 0 Å². The van der Waals surface area contributed by atoms with Crippen molar-refractivity contribution in [2.45, 2.75) is 25.8 Å². The first kappa shape index (κ1) is 11.3. The van der Waals surface area contributed by atoms with Gasteiger partial charge in [0.15, 0.2) is 0 Å². The van der Waals surface area contributed by atoms with Gasteiger partial charge in [-0.1, -0.05) is 0 Å². The van der Waals surface area contributed by atoms with Crippen molar-refractivity contribution in [2.75, 3.05) is 6.54 Å². The minimum absolute atomic E-state index is 0.336. The zero-order chi connectivity index (χ0) is 11.2. The van der Waals surface area contributed by atoms with Gasteiger partial charge in [0.25, 0.3) is 0 Å². The number of nitrogens with one attached hydrogen (secondary N) is 2. The maximum atomic E-state index is 4.28. The first-order chi connectivity index (χ1) is 7.86. The van der Waals surface area contributed by atoms with Crippen molar-refractivity contribution >= 4 is 11.3 Å². The molecule has 0 spiro atoms. The number of rotatable bonds is 6. The molecule has 0 saturated carbocycles. The molecule has 0 aromatic carbocycles. The van der Waals surface area contributed by atoms with E-state index in [4.69, 9.17) is 0 Å². The Hall–Kier alpha value is -1.20. The van der Waals surface area contributed by atoms with Crippen molar-refractivity contribution < 1.29 is 0 Å². The lowest BCUT2D eigenvalue weighted by Crippen LogP contribution is -2.20. The number of imidazole rings is 1. The van der Waals surface area contributed by atoms with Gasteiger partial charge in [-0.15, -0.1) is 11.3 Å². The number of hydrogen-bond donors (Lipinski definition) is 2. The normalized spacial score (nSPS) is 12.8. The van der Waals surface area contributed by atoms with E-state index in [1.165, 1.54) is 0 Å². The Balaban J connectivity index is 1.65. The zero-order valence-electron chi connectivity index (χ0n) is 9.31. The van der Waals surface area contributed by atoms with E-state index in [9.17, 15) is 0 Å². The van der Waals surface area contributed by atoms with Crippen LogP contribution >= 0.6 is 11.3 Å². The highest BCUT2D eigenvalue weighted by Gasteiger charge is 2.05. The fourth-order valence-corrected chi connectivity index (χ4v) is 2.20. The van der Waals surface area contributed by atoms with Gasteiger partial charge in [-0.05, 0) is 19.9 Å². The minimum Gasteiger partial charge on any atom is -0.349 e. The van der Waals surface area contributed by atoms with Crippen LogP contribution in [0.4, 0.5) is 0 Å². The summed E-state index contributed by atoms with van der Waals surface area (Å²) < 4.78 is 0. The summed E-state index contributed by atoms with van der Waals surface area (Å²) in [6.07, 6.45) is 5.73. The molecule has 2 aromatic heterocycles. The molecule has 0 fully saturated rings. The topological polar surface area (TPSA) is 53.6 Å². The third-order valence-electron chi connectivity index (χ3n) is 2.49. The van der Waals surface area contributed by atoms with Gasteiger partial charge in [-0.25, -0.2) is 9.97 Å². The summed E-state index contributed by atoms with van der Waals surface area (Å²) in [4.78, 5) is 11.6. The molecule has 0 bridgehead atoms. The number of hydrogen-bond acceptors (Lipinski definition) is 4. The molecule has 4 nitrogen and oxygen atoms in total. The first-order valence-corrected chi connectivity index (χ1v) is 6.40. The minimum atomic E-state index is 0.336. The number of aromatic nitrogens is 3. The first-order valence-electron chi connectivity index (χ1n) is 5.46. The van der Waals surface area contributed by atoms with Gasteiger partial charge < -0.3 is 10.3 Å². The third-order valence-corrected chi connectivity index (χ3v) is 3.10. The van der Waals surface area contributed by atoms with Crippen LogP contribution in [-0.2, 0) is 6.42 Å². The van der Waals surface area contributed by atoms with E-state index in [-0.39, 0.29) is 0 Å². The van der Waals surface area contributed by atoms with Crippen LogP contribution in [0.1, 0.15) is 30.9 Å². The number of aryl methyl sites for hydroxylation is 1. The summed E-state index contributed by atoms with van der Waals surface area (Å²) in [5.74, 6) is 1.06. The molecule has 0 saturated heterocycles. The monoisotopic (exact) mass is 236 g/mol. The smallest absolute Gasteiger partial charge is 0.106 e. The lowest BCUT2D eigenvalue weighted by atomic mass is 10.2. The van der Waals surface area contributed by atoms with E-state index in [0.29, 0.717) is 6.04 Å². The van der Waals surface area contributed by atoms with Crippen molar-refractivity contribution in [1.29, 1.82) is 0 Å². The fraction of sp³-hybridized carbons (Fsp3) is 0.455. The molecule has 0 aliphatic rings. The molecule has 0 radical (unpaired) electrons. The van der Waals surface area contributed by atoms with E-state index < -0.39 is 0 Å². The van der Waals surface area contributed by atoms with E-state index in [2.05, 4.69) is 32.6 Å². The SMILES string of the molecule is CC(NCCCc1ncc[nH]1)c1cscn1. The lowest BCUT2D eigenvalue weighted by molar-refractivity contribution is 0.546. The predicted molar refractivity (Wildman–Crippen MR) is 65.4 cm³/mol. The average Bonchev–Trinajstić information content (AvgIpc) is 2.96. The molecule has 2 N–H and O–H groups in total. The fourth-order valence-electron chi connectivity index (χ4n) is 1.55. The Morgan fingerprint density at radius 3 is 3.12 bits per heavy atom. The van der Waals surface area contributed by atoms with Crippen LogP contribution in [0.3, 0.4) is 0 Å². The Bertz CT molecular complexity index is 382. The van der Waals surface area contributed by atoms with Gasteiger partial charge in [0.1, 0.15) is 5.82 Å². The Kier molecular flexibility index (Phi) is 4.07. The van der Waals surface area contributed by atoms with Gasteiger partial charge in [0.05, 0.1) is 11.2 Å². The van der Waals surface area contributed by atoms with Crippen molar-refractivity contribution in [2.24, 2.45) is 0 Å². The Morgan fingerprint density at radius 2 is 2.44 bits per heavy atom. The Labute approximate surface area is 99.2 Å². The molecule has 1 unspecified atom stereocenters. The van der Waals surface area contributed by atoms with E-state index in [1.807, 2.05) is 11.7 Å². The largest absolute Gasteiger partial charge is 0.349 e. The maximum absolute atomic E-state index is 4.28. The van der Waals surface area contributed by atoms with Crippen molar-refractivity contribution in [3.8, 4) is 0 Å². The molecular formula is C11H16N4S. The van der Waals surface area contributed by atoms with Gasteiger partial charge in [0.2, 0.25) is 0 Å². The van der Waals surface area contributed by atoms with Crippen LogP contribution in [0.5, 0.6) is 0 Å². The highest BCUT2D eigenvalue weighted by molar-refractivity contribution is 7.07. The maximum Gasteiger partial charge on any atom is 0.106 e. The van der Waals surface area contributed by atoms with Crippen molar-refractivity contribution in [3.05, 3.63) is 34.8 Å². The quantitative estimate of drug-likeness (QED) is 0.756. The zero-order valence-corrected chi connectivity index (χ0v) is 10.1. The number of nitrogens with zero attached hydrogens (tertiary/aromatic N) is 2. The second kappa shape index (κ2) is 5.77. The molecule has 86 valence electrons. The van der Waals surface area contributed by atoms with Gasteiger partial charge in [0, 0.05) is 30.2 Å². The second-order valence-corrected chi connectivity index (χ2v) is 4.45. The molecule has 0 aliphatic carbocycles.